The van der Waals surface area contributed by atoms with E-state index in [2.05, 4.69) is 15.3 Å². The van der Waals surface area contributed by atoms with Gasteiger partial charge in [-0.3, -0.25) is 9.78 Å². The van der Waals surface area contributed by atoms with Gasteiger partial charge in [0.05, 0.1) is 24.1 Å². The topological polar surface area (TPSA) is 64.1 Å². The molecule has 0 spiro atoms. The van der Waals surface area contributed by atoms with Gasteiger partial charge in [0.25, 0.3) is 5.91 Å². The molecule has 2 aromatic heterocycles. The van der Waals surface area contributed by atoms with Crippen LogP contribution in [0.25, 0.3) is 22.0 Å². The van der Waals surface area contributed by atoms with E-state index in [0.29, 0.717) is 22.0 Å². The van der Waals surface area contributed by atoms with E-state index < -0.39 is 0 Å². The Morgan fingerprint density at radius 2 is 1.97 bits per heavy atom. The monoisotopic (exact) mass is 421 g/mol. The number of halogens is 1. The van der Waals surface area contributed by atoms with Gasteiger partial charge in [-0.15, -0.1) is 11.3 Å². The van der Waals surface area contributed by atoms with E-state index in [1.165, 1.54) is 18.4 Å². The van der Waals surface area contributed by atoms with Crippen molar-refractivity contribution in [2.24, 2.45) is 0 Å². The molecule has 4 rings (SSSR count). The second-order valence-corrected chi connectivity index (χ2v) is 7.43. The number of nitrogens with zero attached hydrogens (tertiary/aromatic N) is 2. The third-order valence-electron chi connectivity index (χ3n) is 4.21. The molecule has 4 aromatic rings. The number of aromatic nitrogens is 2. The van der Waals surface area contributed by atoms with E-state index in [1.807, 2.05) is 47.8 Å². The van der Waals surface area contributed by atoms with Crippen LogP contribution < -0.4 is 10.1 Å². The number of carbonyl (C=O) groups excluding carboxylic acids is 1. The summed E-state index contributed by atoms with van der Waals surface area (Å²) >= 11 is 7.56. The van der Waals surface area contributed by atoms with E-state index in [0.717, 1.165) is 22.0 Å². The molecule has 0 atom stereocenters. The number of pyridine rings is 1. The standard InChI is InChI=1S/C22H16ClN3O2S/c1-28-20-9-8-15(23)12-17(20)21(27)25-16-6-4-5-14(11-16)19-13-29-22(26-19)18-7-2-3-10-24-18/h2-13H,1H3,(H,25,27). The lowest BCUT2D eigenvalue weighted by atomic mass is 10.1. The number of hydrogen-bond donors (Lipinski definition) is 1. The van der Waals surface area contributed by atoms with E-state index in [4.69, 9.17) is 16.3 Å². The van der Waals surface area contributed by atoms with Gasteiger partial charge >= 0.3 is 0 Å². The predicted molar refractivity (Wildman–Crippen MR) is 117 cm³/mol. The van der Waals surface area contributed by atoms with Crippen molar-refractivity contribution in [3.05, 3.63) is 82.8 Å². The van der Waals surface area contributed by atoms with Gasteiger partial charge in [-0.1, -0.05) is 29.8 Å². The fraction of sp³-hybridized carbons (Fsp3) is 0.0455. The van der Waals surface area contributed by atoms with Crippen LogP contribution >= 0.6 is 22.9 Å². The van der Waals surface area contributed by atoms with Crippen LogP contribution in [0.5, 0.6) is 5.75 Å². The largest absolute Gasteiger partial charge is 0.496 e. The Hall–Kier alpha value is -3.22. The molecule has 0 aliphatic rings. The first-order valence-corrected chi connectivity index (χ1v) is 10.0. The lowest BCUT2D eigenvalue weighted by Gasteiger charge is -2.10. The molecule has 29 heavy (non-hydrogen) atoms. The summed E-state index contributed by atoms with van der Waals surface area (Å²) in [4.78, 5) is 21.7. The van der Waals surface area contributed by atoms with Crippen molar-refractivity contribution in [2.45, 2.75) is 0 Å². The molecule has 5 nitrogen and oxygen atoms in total. The van der Waals surface area contributed by atoms with Crippen LogP contribution in [0.3, 0.4) is 0 Å². The SMILES string of the molecule is COc1ccc(Cl)cc1C(=O)Nc1cccc(-c2csc(-c3ccccn3)n2)c1. The minimum Gasteiger partial charge on any atom is -0.496 e. The van der Waals surface area contributed by atoms with Gasteiger partial charge in [-0.25, -0.2) is 4.98 Å². The zero-order chi connectivity index (χ0) is 20.2. The van der Waals surface area contributed by atoms with Crippen molar-refractivity contribution >= 4 is 34.5 Å². The van der Waals surface area contributed by atoms with Crippen molar-refractivity contribution in [3.8, 4) is 27.7 Å². The van der Waals surface area contributed by atoms with Crippen LogP contribution in [0.2, 0.25) is 5.02 Å². The van der Waals surface area contributed by atoms with Gasteiger partial charge in [-0.05, 0) is 42.5 Å². The van der Waals surface area contributed by atoms with Crippen molar-refractivity contribution < 1.29 is 9.53 Å². The summed E-state index contributed by atoms with van der Waals surface area (Å²) in [6.07, 6.45) is 1.75. The first-order valence-electron chi connectivity index (χ1n) is 8.76. The molecule has 0 unspecified atom stereocenters. The molecule has 0 radical (unpaired) electrons. The highest BCUT2D eigenvalue weighted by atomic mass is 35.5. The lowest BCUT2D eigenvalue weighted by molar-refractivity contribution is 0.102. The number of carbonyl (C=O) groups is 1. The van der Waals surface area contributed by atoms with Gasteiger partial charge in [0.15, 0.2) is 0 Å². The number of rotatable bonds is 5. The quantitative estimate of drug-likeness (QED) is 0.443. The van der Waals surface area contributed by atoms with E-state index in [-0.39, 0.29) is 5.91 Å². The minimum absolute atomic E-state index is 0.297. The molecule has 0 saturated heterocycles. The Balaban J connectivity index is 1.58. The van der Waals surface area contributed by atoms with E-state index >= 15 is 0 Å². The van der Waals surface area contributed by atoms with Crippen LogP contribution in [0.15, 0.2) is 72.2 Å². The molecule has 0 bridgehead atoms. The van der Waals surface area contributed by atoms with E-state index in [9.17, 15) is 4.79 Å². The Kier molecular flexibility index (Phi) is 5.55. The zero-order valence-electron chi connectivity index (χ0n) is 15.4. The number of benzene rings is 2. The summed E-state index contributed by atoms with van der Waals surface area (Å²) in [5, 5.41) is 6.18. The summed E-state index contributed by atoms with van der Waals surface area (Å²) in [7, 11) is 1.52. The highest BCUT2D eigenvalue weighted by Crippen LogP contribution is 2.29. The lowest BCUT2D eigenvalue weighted by Crippen LogP contribution is -2.13. The van der Waals surface area contributed by atoms with Gasteiger partial charge in [0.2, 0.25) is 0 Å². The Morgan fingerprint density at radius 1 is 1.07 bits per heavy atom. The average molecular weight is 422 g/mol. The third-order valence-corrected chi connectivity index (χ3v) is 5.31. The first-order chi connectivity index (χ1) is 14.1. The number of anilines is 1. The number of ether oxygens (including phenoxy) is 1. The maximum Gasteiger partial charge on any atom is 0.259 e. The van der Waals surface area contributed by atoms with E-state index in [1.54, 1.807) is 24.4 Å². The molecule has 0 aliphatic heterocycles. The Bertz CT molecular complexity index is 1160. The number of methoxy groups -OCH3 is 1. The highest BCUT2D eigenvalue weighted by Gasteiger charge is 2.14. The van der Waals surface area contributed by atoms with Crippen LogP contribution in [0.4, 0.5) is 5.69 Å². The van der Waals surface area contributed by atoms with Crippen molar-refractivity contribution in [1.29, 1.82) is 0 Å². The summed E-state index contributed by atoms with van der Waals surface area (Å²) < 4.78 is 5.26. The van der Waals surface area contributed by atoms with Crippen LogP contribution in [-0.4, -0.2) is 23.0 Å². The van der Waals surface area contributed by atoms with Crippen LogP contribution in [0.1, 0.15) is 10.4 Å². The molecule has 7 heteroatoms. The fourth-order valence-corrected chi connectivity index (χ4v) is 3.80. The third kappa shape index (κ3) is 4.29. The normalized spacial score (nSPS) is 10.6. The summed E-state index contributed by atoms with van der Waals surface area (Å²) in [6.45, 7) is 0. The molecule has 1 amide bonds. The molecule has 1 N–H and O–H groups in total. The smallest absolute Gasteiger partial charge is 0.259 e. The summed E-state index contributed by atoms with van der Waals surface area (Å²) in [5.41, 5.74) is 3.59. The summed E-state index contributed by atoms with van der Waals surface area (Å²) in [5.74, 6) is 0.163. The van der Waals surface area contributed by atoms with Gasteiger partial charge in [-0.2, -0.15) is 0 Å². The Morgan fingerprint density at radius 3 is 2.76 bits per heavy atom. The number of hydrogen-bond acceptors (Lipinski definition) is 5. The van der Waals surface area contributed by atoms with Crippen LogP contribution in [0, 0.1) is 0 Å². The zero-order valence-corrected chi connectivity index (χ0v) is 17.0. The molecule has 0 aliphatic carbocycles. The Labute approximate surface area is 177 Å². The second kappa shape index (κ2) is 8.43. The van der Waals surface area contributed by atoms with Crippen molar-refractivity contribution in [2.75, 3.05) is 12.4 Å². The predicted octanol–water partition coefficient (Wildman–Crippen LogP) is 5.79. The maximum absolute atomic E-state index is 12.7. The molecular weight excluding hydrogens is 406 g/mol. The molecule has 2 heterocycles. The number of nitrogens with one attached hydrogen (secondary N) is 1. The van der Waals surface area contributed by atoms with Gasteiger partial charge in [0.1, 0.15) is 10.8 Å². The molecule has 144 valence electrons. The molecule has 0 fully saturated rings. The molecule has 2 aromatic carbocycles. The number of amides is 1. The van der Waals surface area contributed by atoms with Crippen molar-refractivity contribution in [1.82, 2.24) is 9.97 Å². The van der Waals surface area contributed by atoms with Gasteiger partial charge < -0.3 is 10.1 Å². The summed E-state index contributed by atoms with van der Waals surface area (Å²) in [6, 6.07) is 18.2. The maximum atomic E-state index is 12.7. The minimum atomic E-state index is -0.297. The van der Waals surface area contributed by atoms with Crippen LogP contribution in [-0.2, 0) is 0 Å². The van der Waals surface area contributed by atoms with Crippen molar-refractivity contribution in [3.63, 3.8) is 0 Å². The second-order valence-electron chi connectivity index (χ2n) is 6.13. The molecule has 0 saturated carbocycles. The van der Waals surface area contributed by atoms with Gasteiger partial charge in [0, 0.05) is 27.9 Å². The molecular formula is C22H16ClN3O2S. The average Bonchev–Trinajstić information content (AvgIpc) is 3.25. The number of thiazole rings is 1. The first kappa shape index (κ1) is 19.1. The highest BCUT2D eigenvalue weighted by molar-refractivity contribution is 7.13. The fourth-order valence-electron chi connectivity index (χ4n) is 2.83.